The minimum atomic E-state index is -0.197. The molecule has 1 aromatic heterocycles. The molecule has 0 aliphatic carbocycles. The fourth-order valence-corrected chi connectivity index (χ4v) is 2.84. The minimum Gasteiger partial charge on any atom is -0.381 e. The SMILES string of the molecule is CCc1cccc(C)c1NC(=O)c1cc(NCc2ccccc2)ccn1. The average molecular weight is 345 g/mol. The highest BCUT2D eigenvalue weighted by molar-refractivity contribution is 6.04. The van der Waals surface area contributed by atoms with Crippen LogP contribution in [-0.4, -0.2) is 10.9 Å². The van der Waals surface area contributed by atoms with Gasteiger partial charge in [-0.05, 0) is 42.2 Å². The molecule has 0 aliphatic heterocycles. The van der Waals surface area contributed by atoms with E-state index in [1.54, 1.807) is 12.3 Å². The van der Waals surface area contributed by atoms with Crippen LogP contribution in [0.5, 0.6) is 0 Å². The number of pyridine rings is 1. The third kappa shape index (κ3) is 4.28. The molecule has 2 N–H and O–H groups in total. The lowest BCUT2D eigenvalue weighted by atomic mass is 10.1. The molecule has 1 heterocycles. The van der Waals surface area contributed by atoms with Gasteiger partial charge in [0.2, 0.25) is 0 Å². The van der Waals surface area contributed by atoms with E-state index in [2.05, 4.69) is 34.7 Å². The topological polar surface area (TPSA) is 54.0 Å². The quantitative estimate of drug-likeness (QED) is 0.673. The maximum absolute atomic E-state index is 12.7. The lowest BCUT2D eigenvalue weighted by Crippen LogP contribution is -2.16. The summed E-state index contributed by atoms with van der Waals surface area (Å²) in [5.74, 6) is -0.197. The van der Waals surface area contributed by atoms with Gasteiger partial charge in [-0.1, -0.05) is 55.5 Å². The molecule has 0 aliphatic rings. The van der Waals surface area contributed by atoms with Gasteiger partial charge >= 0.3 is 0 Å². The smallest absolute Gasteiger partial charge is 0.274 e. The highest BCUT2D eigenvalue weighted by atomic mass is 16.1. The Bertz CT molecular complexity index is 891. The van der Waals surface area contributed by atoms with Gasteiger partial charge in [-0.25, -0.2) is 0 Å². The van der Waals surface area contributed by atoms with E-state index in [0.717, 1.165) is 28.9 Å². The van der Waals surface area contributed by atoms with Gasteiger partial charge in [0.15, 0.2) is 0 Å². The zero-order valence-electron chi connectivity index (χ0n) is 15.1. The first kappa shape index (κ1) is 17.7. The molecule has 3 rings (SSSR count). The van der Waals surface area contributed by atoms with Crippen molar-refractivity contribution in [1.29, 1.82) is 0 Å². The first-order chi connectivity index (χ1) is 12.7. The predicted octanol–water partition coefficient (Wildman–Crippen LogP) is 4.82. The van der Waals surface area contributed by atoms with E-state index in [0.29, 0.717) is 12.2 Å². The molecule has 3 aromatic rings. The van der Waals surface area contributed by atoms with E-state index < -0.39 is 0 Å². The van der Waals surface area contributed by atoms with Gasteiger partial charge in [-0.15, -0.1) is 0 Å². The van der Waals surface area contributed by atoms with Crippen LogP contribution in [0.15, 0.2) is 66.9 Å². The number of para-hydroxylation sites is 1. The molecule has 0 radical (unpaired) electrons. The maximum Gasteiger partial charge on any atom is 0.274 e. The predicted molar refractivity (Wildman–Crippen MR) is 107 cm³/mol. The average Bonchev–Trinajstić information content (AvgIpc) is 2.69. The highest BCUT2D eigenvalue weighted by Crippen LogP contribution is 2.22. The van der Waals surface area contributed by atoms with Crippen LogP contribution < -0.4 is 10.6 Å². The summed E-state index contributed by atoms with van der Waals surface area (Å²) in [6.07, 6.45) is 2.52. The lowest BCUT2D eigenvalue weighted by Gasteiger charge is -2.13. The summed E-state index contributed by atoms with van der Waals surface area (Å²) in [6.45, 7) is 4.78. The first-order valence-corrected chi connectivity index (χ1v) is 8.81. The monoisotopic (exact) mass is 345 g/mol. The van der Waals surface area contributed by atoms with Crippen LogP contribution in [-0.2, 0) is 13.0 Å². The van der Waals surface area contributed by atoms with Crippen molar-refractivity contribution in [2.75, 3.05) is 10.6 Å². The molecule has 0 unspecified atom stereocenters. The number of nitrogens with zero attached hydrogens (tertiary/aromatic N) is 1. The van der Waals surface area contributed by atoms with Crippen molar-refractivity contribution >= 4 is 17.3 Å². The molecule has 4 nitrogen and oxygen atoms in total. The van der Waals surface area contributed by atoms with Crippen LogP contribution in [0, 0.1) is 6.92 Å². The fraction of sp³-hybridized carbons (Fsp3) is 0.182. The molecule has 0 bridgehead atoms. The number of hydrogen-bond acceptors (Lipinski definition) is 3. The largest absolute Gasteiger partial charge is 0.381 e. The van der Waals surface area contributed by atoms with Crippen molar-refractivity contribution in [3.8, 4) is 0 Å². The third-order valence-electron chi connectivity index (χ3n) is 4.31. The number of anilines is 2. The van der Waals surface area contributed by atoms with Crippen molar-refractivity contribution in [2.45, 2.75) is 26.8 Å². The summed E-state index contributed by atoms with van der Waals surface area (Å²) in [5.41, 5.74) is 5.50. The van der Waals surface area contributed by atoms with E-state index >= 15 is 0 Å². The number of carbonyl (C=O) groups excluding carboxylic acids is 1. The molecule has 0 saturated carbocycles. The number of aryl methyl sites for hydroxylation is 2. The molecule has 0 atom stereocenters. The minimum absolute atomic E-state index is 0.197. The molecular weight excluding hydrogens is 322 g/mol. The molecule has 26 heavy (non-hydrogen) atoms. The summed E-state index contributed by atoms with van der Waals surface area (Å²) in [7, 11) is 0. The number of rotatable bonds is 6. The lowest BCUT2D eigenvalue weighted by molar-refractivity contribution is 0.102. The second-order valence-corrected chi connectivity index (χ2v) is 6.19. The van der Waals surface area contributed by atoms with Gasteiger partial charge in [-0.2, -0.15) is 0 Å². The van der Waals surface area contributed by atoms with Crippen LogP contribution in [0.1, 0.15) is 34.1 Å². The van der Waals surface area contributed by atoms with E-state index in [4.69, 9.17) is 0 Å². The van der Waals surface area contributed by atoms with Crippen molar-refractivity contribution in [2.24, 2.45) is 0 Å². The Balaban J connectivity index is 1.72. The first-order valence-electron chi connectivity index (χ1n) is 8.81. The van der Waals surface area contributed by atoms with Gasteiger partial charge in [0, 0.05) is 24.1 Å². The Morgan fingerprint density at radius 3 is 2.62 bits per heavy atom. The number of hydrogen-bond donors (Lipinski definition) is 2. The standard InChI is InChI=1S/C22H23N3O/c1-3-18-11-7-8-16(2)21(18)25-22(26)20-14-19(12-13-23-20)24-15-17-9-5-4-6-10-17/h4-14H,3,15H2,1-2H3,(H,23,24)(H,25,26). The van der Waals surface area contributed by atoms with Crippen LogP contribution in [0.2, 0.25) is 0 Å². The van der Waals surface area contributed by atoms with Crippen molar-refractivity contribution in [3.63, 3.8) is 0 Å². The van der Waals surface area contributed by atoms with Gasteiger partial charge in [0.25, 0.3) is 5.91 Å². The molecule has 132 valence electrons. The second kappa shape index (κ2) is 8.30. The van der Waals surface area contributed by atoms with Crippen LogP contribution in [0.4, 0.5) is 11.4 Å². The van der Waals surface area contributed by atoms with Crippen LogP contribution in [0.25, 0.3) is 0 Å². The fourth-order valence-electron chi connectivity index (χ4n) is 2.84. The normalized spacial score (nSPS) is 10.4. The van der Waals surface area contributed by atoms with E-state index in [9.17, 15) is 4.79 Å². The van der Waals surface area contributed by atoms with Crippen molar-refractivity contribution in [1.82, 2.24) is 4.98 Å². The number of amides is 1. The highest BCUT2D eigenvalue weighted by Gasteiger charge is 2.12. The van der Waals surface area contributed by atoms with Gasteiger partial charge in [-0.3, -0.25) is 9.78 Å². The van der Waals surface area contributed by atoms with E-state index in [1.807, 2.05) is 49.4 Å². The zero-order chi connectivity index (χ0) is 18.4. The summed E-state index contributed by atoms with van der Waals surface area (Å²) in [6, 6.07) is 19.8. The number of aromatic nitrogens is 1. The Labute approximate surface area is 154 Å². The maximum atomic E-state index is 12.7. The summed E-state index contributed by atoms with van der Waals surface area (Å²) in [5, 5.41) is 6.35. The summed E-state index contributed by atoms with van der Waals surface area (Å²) >= 11 is 0. The molecule has 0 fully saturated rings. The Morgan fingerprint density at radius 2 is 1.85 bits per heavy atom. The summed E-state index contributed by atoms with van der Waals surface area (Å²) < 4.78 is 0. The van der Waals surface area contributed by atoms with Gasteiger partial charge in [0.1, 0.15) is 5.69 Å². The number of carbonyl (C=O) groups is 1. The third-order valence-corrected chi connectivity index (χ3v) is 4.31. The Kier molecular flexibility index (Phi) is 5.64. The van der Waals surface area contributed by atoms with E-state index in [-0.39, 0.29) is 5.91 Å². The summed E-state index contributed by atoms with van der Waals surface area (Å²) in [4.78, 5) is 16.9. The van der Waals surface area contributed by atoms with Crippen LogP contribution >= 0.6 is 0 Å². The number of benzene rings is 2. The molecule has 4 heteroatoms. The number of nitrogens with one attached hydrogen (secondary N) is 2. The Hall–Kier alpha value is -3.14. The molecule has 0 saturated heterocycles. The second-order valence-electron chi connectivity index (χ2n) is 6.19. The van der Waals surface area contributed by atoms with Crippen molar-refractivity contribution < 1.29 is 4.79 Å². The van der Waals surface area contributed by atoms with E-state index in [1.165, 1.54) is 5.56 Å². The van der Waals surface area contributed by atoms with Crippen molar-refractivity contribution in [3.05, 3.63) is 89.2 Å². The molecular formula is C22H23N3O. The Morgan fingerprint density at radius 1 is 1.04 bits per heavy atom. The zero-order valence-corrected chi connectivity index (χ0v) is 15.1. The molecule has 2 aromatic carbocycles. The van der Waals surface area contributed by atoms with Crippen LogP contribution in [0.3, 0.4) is 0 Å². The molecule has 1 amide bonds. The molecule has 0 spiro atoms. The van der Waals surface area contributed by atoms with Gasteiger partial charge < -0.3 is 10.6 Å². The van der Waals surface area contributed by atoms with Gasteiger partial charge in [0.05, 0.1) is 0 Å².